The summed E-state index contributed by atoms with van der Waals surface area (Å²) in [5, 5.41) is 3.20. The summed E-state index contributed by atoms with van der Waals surface area (Å²) < 4.78 is 13.3. The Hall–Kier alpha value is -1.42. The van der Waals surface area contributed by atoms with Gasteiger partial charge in [0.1, 0.15) is 11.3 Å². The molecule has 2 aromatic rings. The van der Waals surface area contributed by atoms with Gasteiger partial charge < -0.3 is 10.3 Å². The zero-order valence-electron chi connectivity index (χ0n) is 8.68. The minimum Gasteiger partial charge on any atom is -0.342 e. The summed E-state index contributed by atoms with van der Waals surface area (Å²) in [6.07, 6.45) is 0.794. The molecular formula is C11H14FN3. The number of rotatable bonds is 4. The monoisotopic (exact) mass is 207 g/mol. The van der Waals surface area contributed by atoms with Gasteiger partial charge in [-0.15, -0.1) is 0 Å². The number of H-pyrrole nitrogens is 1. The van der Waals surface area contributed by atoms with Crippen LogP contribution in [0.4, 0.5) is 4.39 Å². The lowest BCUT2D eigenvalue weighted by Gasteiger charge is -1.96. The zero-order chi connectivity index (χ0) is 10.7. The van der Waals surface area contributed by atoms with E-state index >= 15 is 0 Å². The number of likely N-dealkylation sites (N-methyl/N-ethyl adjacent to an activating group) is 1. The molecule has 0 unspecified atom stereocenters. The molecule has 0 amide bonds. The summed E-state index contributed by atoms with van der Waals surface area (Å²) in [6.45, 7) is 3.85. The van der Waals surface area contributed by atoms with Crippen molar-refractivity contribution in [1.82, 2.24) is 15.3 Å². The minimum absolute atomic E-state index is 0.265. The first-order valence-electron chi connectivity index (χ1n) is 5.15. The number of fused-ring (bicyclic) bond motifs is 1. The summed E-state index contributed by atoms with van der Waals surface area (Å²) in [5.74, 6) is 0.564. The Kier molecular flexibility index (Phi) is 2.97. The lowest BCUT2D eigenvalue weighted by Crippen LogP contribution is -2.16. The molecule has 1 aromatic carbocycles. The second-order valence-corrected chi connectivity index (χ2v) is 3.42. The van der Waals surface area contributed by atoms with Crippen molar-refractivity contribution in [3.8, 4) is 0 Å². The van der Waals surface area contributed by atoms with E-state index in [-0.39, 0.29) is 5.82 Å². The van der Waals surface area contributed by atoms with Crippen molar-refractivity contribution in [2.75, 3.05) is 13.1 Å². The van der Waals surface area contributed by atoms with Crippen LogP contribution in [0.1, 0.15) is 12.7 Å². The smallest absolute Gasteiger partial charge is 0.151 e. The molecule has 1 aromatic heterocycles. The summed E-state index contributed by atoms with van der Waals surface area (Å²) in [5.41, 5.74) is 1.20. The molecule has 80 valence electrons. The number of imidazole rings is 1. The molecule has 0 aliphatic rings. The molecule has 0 fully saturated rings. The molecule has 2 N–H and O–H groups in total. The molecular weight excluding hydrogens is 193 g/mol. The lowest BCUT2D eigenvalue weighted by molar-refractivity contribution is 0.636. The maximum atomic E-state index is 13.3. The predicted octanol–water partition coefficient (Wildman–Crippen LogP) is 1.85. The maximum Gasteiger partial charge on any atom is 0.151 e. The Bertz CT molecular complexity index is 450. The average molecular weight is 207 g/mol. The third kappa shape index (κ3) is 2.15. The highest BCUT2D eigenvalue weighted by atomic mass is 19.1. The fourth-order valence-corrected chi connectivity index (χ4v) is 1.55. The van der Waals surface area contributed by atoms with E-state index in [1.54, 1.807) is 6.07 Å². The van der Waals surface area contributed by atoms with Gasteiger partial charge in [0.25, 0.3) is 0 Å². The van der Waals surface area contributed by atoms with Gasteiger partial charge in [0.2, 0.25) is 0 Å². The molecule has 0 bridgehead atoms. The van der Waals surface area contributed by atoms with Gasteiger partial charge in [0.05, 0.1) is 5.52 Å². The third-order valence-corrected chi connectivity index (χ3v) is 2.30. The molecule has 0 radical (unpaired) electrons. The molecule has 2 rings (SSSR count). The summed E-state index contributed by atoms with van der Waals surface area (Å²) in [7, 11) is 0. The largest absolute Gasteiger partial charge is 0.342 e. The summed E-state index contributed by atoms with van der Waals surface area (Å²) in [4.78, 5) is 7.32. The number of nitrogens with zero attached hydrogens (tertiary/aromatic N) is 1. The van der Waals surface area contributed by atoms with Crippen LogP contribution in [0, 0.1) is 5.82 Å². The highest BCUT2D eigenvalue weighted by Gasteiger charge is 2.05. The van der Waals surface area contributed by atoms with Crippen LogP contribution in [0.5, 0.6) is 0 Å². The van der Waals surface area contributed by atoms with Gasteiger partial charge in [-0.2, -0.15) is 0 Å². The SMILES string of the molecule is CCNCCc1nc2c(F)cccc2[nH]1. The van der Waals surface area contributed by atoms with Crippen LogP contribution >= 0.6 is 0 Å². The normalized spacial score (nSPS) is 11.1. The van der Waals surface area contributed by atoms with Crippen LogP contribution in [-0.4, -0.2) is 23.1 Å². The van der Waals surface area contributed by atoms with E-state index in [2.05, 4.69) is 22.2 Å². The highest BCUT2D eigenvalue weighted by molar-refractivity contribution is 5.75. The molecule has 0 saturated heterocycles. The standard InChI is InChI=1S/C11H14FN3/c1-2-13-7-6-10-14-9-5-3-4-8(12)11(9)15-10/h3-5,13H,2,6-7H2,1H3,(H,14,15). The molecule has 0 saturated carbocycles. The van der Waals surface area contributed by atoms with Gasteiger partial charge in [-0.25, -0.2) is 9.37 Å². The molecule has 0 atom stereocenters. The number of hydrogen-bond donors (Lipinski definition) is 2. The number of nitrogens with one attached hydrogen (secondary N) is 2. The first kappa shape index (κ1) is 10.1. The Balaban J connectivity index is 2.20. The van der Waals surface area contributed by atoms with Crippen LogP contribution in [0.2, 0.25) is 0 Å². The Morgan fingerprint density at radius 1 is 1.47 bits per heavy atom. The average Bonchev–Trinajstić information content (AvgIpc) is 2.63. The number of aromatic nitrogens is 2. The lowest BCUT2D eigenvalue weighted by atomic mass is 10.3. The van der Waals surface area contributed by atoms with Crippen molar-refractivity contribution in [3.63, 3.8) is 0 Å². The Labute approximate surface area is 87.7 Å². The molecule has 0 spiro atoms. The van der Waals surface area contributed by atoms with Crippen LogP contribution in [0.25, 0.3) is 11.0 Å². The third-order valence-electron chi connectivity index (χ3n) is 2.30. The van der Waals surface area contributed by atoms with Crippen molar-refractivity contribution in [3.05, 3.63) is 29.8 Å². The van der Waals surface area contributed by atoms with Crippen molar-refractivity contribution >= 4 is 11.0 Å². The van der Waals surface area contributed by atoms with Crippen molar-refractivity contribution in [1.29, 1.82) is 0 Å². The van der Waals surface area contributed by atoms with Crippen LogP contribution in [0.15, 0.2) is 18.2 Å². The fraction of sp³-hybridized carbons (Fsp3) is 0.364. The van der Waals surface area contributed by atoms with Gasteiger partial charge in [0.15, 0.2) is 5.82 Å². The predicted molar refractivity (Wildman–Crippen MR) is 58.3 cm³/mol. The molecule has 0 aliphatic heterocycles. The van der Waals surface area contributed by atoms with Crippen molar-refractivity contribution in [2.45, 2.75) is 13.3 Å². The minimum atomic E-state index is -0.265. The topological polar surface area (TPSA) is 40.7 Å². The second kappa shape index (κ2) is 4.40. The van der Waals surface area contributed by atoms with Crippen molar-refractivity contribution < 1.29 is 4.39 Å². The molecule has 4 heteroatoms. The van der Waals surface area contributed by atoms with Crippen molar-refractivity contribution in [2.24, 2.45) is 0 Å². The first-order valence-corrected chi connectivity index (χ1v) is 5.15. The molecule has 3 nitrogen and oxygen atoms in total. The van der Waals surface area contributed by atoms with Gasteiger partial charge in [-0.05, 0) is 18.7 Å². The Morgan fingerprint density at radius 2 is 2.33 bits per heavy atom. The molecule has 1 heterocycles. The fourth-order valence-electron chi connectivity index (χ4n) is 1.55. The van der Waals surface area contributed by atoms with Gasteiger partial charge in [-0.1, -0.05) is 13.0 Å². The van der Waals surface area contributed by atoms with E-state index in [4.69, 9.17) is 0 Å². The number of hydrogen-bond acceptors (Lipinski definition) is 2. The number of benzene rings is 1. The number of para-hydroxylation sites is 1. The number of aromatic amines is 1. The summed E-state index contributed by atoms with van der Waals surface area (Å²) in [6, 6.07) is 4.95. The van der Waals surface area contributed by atoms with E-state index in [1.165, 1.54) is 6.07 Å². The van der Waals surface area contributed by atoms with Gasteiger partial charge in [0, 0.05) is 13.0 Å². The van der Waals surface area contributed by atoms with Gasteiger partial charge >= 0.3 is 0 Å². The Morgan fingerprint density at radius 3 is 3.07 bits per heavy atom. The first-order chi connectivity index (χ1) is 7.31. The quantitative estimate of drug-likeness (QED) is 0.751. The van der Waals surface area contributed by atoms with E-state index in [0.717, 1.165) is 30.9 Å². The van der Waals surface area contributed by atoms with E-state index in [9.17, 15) is 4.39 Å². The van der Waals surface area contributed by atoms with E-state index in [1.807, 2.05) is 6.07 Å². The number of halogens is 1. The van der Waals surface area contributed by atoms with E-state index in [0.29, 0.717) is 5.52 Å². The molecule has 0 aliphatic carbocycles. The van der Waals surface area contributed by atoms with Crippen LogP contribution in [-0.2, 0) is 6.42 Å². The van der Waals surface area contributed by atoms with Gasteiger partial charge in [-0.3, -0.25) is 0 Å². The van der Waals surface area contributed by atoms with Crippen LogP contribution < -0.4 is 5.32 Å². The van der Waals surface area contributed by atoms with Crippen LogP contribution in [0.3, 0.4) is 0 Å². The second-order valence-electron chi connectivity index (χ2n) is 3.42. The summed E-state index contributed by atoms with van der Waals surface area (Å²) >= 11 is 0. The van der Waals surface area contributed by atoms with E-state index < -0.39 is 0 Å². The zero-order valence-corrected chi connectivity index (χ0v) is 8.68. The molecule has 15 heavy (non-hydrogen) atoms. The maximum absolute atomic E-state index is 13.3. The highest BCUT2D eigenvalue weighted by Crippen LogP contribution is 2.14.